The van der Waals surface area contributed by atoms with Crippen molar-refractivity contribution in [1.29, 1.82) is 0 Å². The zero-order valence-corrected chi connectivity index (χ0v) is 4.72. The maximum absolute atomic E-state index is 3.92. The van der Waals surface area contributed by atoms with Gasteiger partial charge in [0.15, 0.2) is 0 Å². The van der Waals surface area contributed by atoms with Crippen LogP contribution in [-0.4, -0.2) is 0 Å². The van der Waals surface area contributed by atoms with Gasteiger partial charge in [-0.25, -0.2) is 0 Å². The number of hydrogen-bond donors (Lipinski definition) is 0. The average Bonchev–Trinajstić information content (AvgIpc) is 2.45. The van der Waals surface area contributed by atoms with Crippen molar-refractivity contribution in [2.24, 2.45) is 5.92 Å². The molecule has 2 aliphatic rings. The fraction of sp³-hybridized carbons (Fsp3) is 0.250. The third kappa shape index (κ3) is 0.401. The van der Waals surface area contributed by atoms with Gasteiger partial charge in [-0.05, 0) is 17.6 Å². The fourth-order valence-corrected chi connectivity index (χ4v) is 1.13. The molecule has 0 spiro atoms. The highest BCUT2D eigenvalue weighted by molar-refractivity contribution is 5.52. The molecular weight excluding hydrogens is 96.1 g/mol. The molecule has 0 heterocycles. The van der Waals surface area contributed by atoms with E-state index in [0.717, 1.165) is 6.42 Å². The summed E-state index contributed by atoms with van der Waals surface area (Å²) in [5.41, 5.74) is 2.80. The number of allylic oxidation sites excluding steroid dienone is 5. The molecule has 0 aromatic carbocycles. The lowest BCUT2D eigenvalue weighted by Gasteiger charge is -2.01. The predicted octanol–water partition coefficient (Wildman–Crippen LogP) is 2.06. The Morgan fingerprint density at radius 3 is 3.12 bits per heavy atom. The van der Waals surface area contributed by atoms with Crippen LogP contribution in [0.1, 0.15) is 6.42 Å². The summed E-state index contributed by atoms with van der Waals surface area (Å²) >= 11 is 0. The molecule has 2 rings (SSSR count). The lowest BCUT2D eigenvalue weighted by atomic mass is 10.0. The molecule has 0 amide bonds. The van der Waals surface area contributed by atoms with Gasteiger partial charge in [0.05, 0.1) is 0 Å². The topological polar surface area (TPSA) is 0 Å². The maximum Gasteiger partial charge on any atom is 0.0204 e. The molecule has 0 aliphatic heterocycles. The Morgan fingerprint density at radius 1 is 1.62 bits per heavy atom. The Bertz CT molecular complexity index is 194. The van der Waals surface area contributed by atoms with Gasteiger partial charge in [0.25, 0.3) is 0 Å². The molecule has 0 aromatic heterocycles. The van der Waals surface area contributed by atoms with Crippen molar-refractivity contribution in [3.8, 4) is 0 Å². The van der Waals surface area contributed by atoms with Crippen molar-refractivity contribution < 1.29 is 0 Å². The predicted molar refractivity (Wildman–Crippen MR) is 34.5 cm³/mol. The molecule has 40 valence electrons. The summed E-state index contributed by atoms with van der Waals surface area (Å²) in [5, 5.41) is 0. The Kier molecular flexibility index (Phi) is 0.587. The highest BCUT2D eigenvalue weighted by Crippen LogP contribution is 2.40. The number of hydrogen-bond acceptors (Lipinski definition) is 0. The Morgan fingerprint density at radius 2 is 2.50 bits per heavy atom. The van der Waals surface area contributed by atoms with Crippen LogP contribution in [0.5, 0.6) is 0 Å². The number of fused-ring (bicyclic) bond motifs is 1. The zero-order chi connectivity index (χ0) is 5.56. The summed E-state index contributed by atoms with van der Waals surface area (Å²) in [5.74, 6) is 0.691. The molecule has 0 heteroatoms. The van der Waals surface area contributed by atoms with E-state index in [0.29, 0.717) is 5.92 Å². The second-order valence-corrected chi connectivity index (χ2v) is 2.38. The van der Waals surface area contributed by atoms with E-state index in [4.69, 9.17) is 0 Å². The average molecular weight is 104 g/mol. The van der Waals surface area contributed by atoms with Gasteiger partial charge in [-0.3, -0.25) is 0 Å². The molecule has 8 heavy (non-hydrogen) atoms. The first-order valence-electron chi connectivity index (χ1n) is 2.94. The molecule has 0 saturated carbocycles. The quantitative estimate of drug-likeness (QED) is 0.413. The van der Waals surface area contributed by atoms with Crippen molar-refractivity contribution in [3.05, 3.63) is 36.0 Å². The van der Waals surface area contributed by atoms with E-state index in [1.165, 1.54) is 11.1 Å². The van der Waals surface area contributed by atoms with Gasteiger partial charge in [-0.2, -0.15) is 0 Å². The van der Waals surface area contributed by atoms with Gasteiger partial charge in [-0.1, -0.05) is 24.8 Å². The van der Waals surface area contributed by atoms with Crippen LogP contribution in [0.3, 0.4) is 0 Å². The maximum atomic E-state index is 3.92. The van der Waals surface area contributed by atoms with Crippen molar-refractivity contribution >= 4 is 0 Å². The molecule has 0 nitrogen and oxygen atoms in total. The first-order chi connectivity index (χ1) is 3.88. The monoisotopic (exact) mass is 104 g/mol. The lowest BCUT2D eigenvalue weighted by molar-refractivity contribution is 1.07. The van der Waals surface area contributed by atoms with Crippen LogP contribution in [0.15, 0.2) is 36.0 Å². The smallest absolute Gasteiger partial charge is 0.0204 e. The molecule has 2 aliphatic carbocycles. The van der Waals surface area contributed by atoms with Crippen LogP contribution in [0.25, 0.3) is 0 Å². The molecule has 0 fully saturated rings. The van der Waals surface area contributed by atoms with E-state index >= 15 is 0 Å². The van der Waals surface area contributed by atoms with Gasteiger partial charge < -0.3 is 0 Å². The van der Waals surface area contributed by atoms with Gasteiger partial charge in [-0.15, -0.1) is 0 Å². The van der Waals surface area contributed by atoms with E-state index in [-0.39, 0.29) is 0 Å². The second-order valence-electron chi connectivity index (χ2n) is 2.38. The minimum atomic E-state index is 0.691. The van der Waals surface area contributed by atoms with E-state index in [9.17, 15) is 0 Å². The molecule has 0 bridgehead atoms. The van der Waals surface area contributed by atoms with Crippen LogP contribution >= 0.6 is 0 Å². The van der Waals surface area contributed by atoms with E-state index < -0.39 is 0 Å². The van der Waals surface area contributed by atoms with Crippen LogP contribution in [0, 0.1) is 5.92 Å². The SMILES string of the molecule is C=C1CC=CC2C=C12. The first-order valence-corrected chi connectivity index (χ1v) is 2.94. The standard InChI is InChI=1S/C8H8/c1-6-3-2-4-7-5-8(6)7/h2,4-5,7H,1,3H2. The van der Waals surface area contributed by atoms with Crippen LogP contribution in [0.4, 0.5) is 0 Å². The van der Waals surface area contributed by atoms with Gasteiger partial charge in [0.1, 0.15) is 0 Å². The van der Waals surface area contributed by atoms with E-state index in [2.05, 4.69) is 24.8 Å². The molecular formula is C8H8. The van der Waals surface area contributed by atoms with Gasteiger partial charge in [0, 0.05) is 5.92 Å². The third-order valence-corrected chi connectivity index (χ3v) is 1.73. The first kappa shape index (κ1) is 4.13. The third-order valence-electron chi connectivity index (χ3n) is 1.73. The van der Waals surface area contributed by atoms with Crippen LogP contribution in [-0.2, 0) is 0 Å². The van der Waals surface area contributed by atoms with Gasteiger partial charge in [0.2, 0.25) is 0 Å². The van der Waals surface area contributed by atoms with Crippen LogP contribution < -0.4 is 0 Å². The summed E-state index contributed by atoms with van der Waals surface area (Å²) in [7, 11) is 0. The summed E-state index contributed by atoms with van der Waals surface area (Å²) in [6.07, 6.45) is 7.76. The van der Waals surface area contributed by atoms with Crippen molar-refractivity contribution in [3.63, 3.8) is 0 Å². The second kappa shape index (κ2) is 1.13. The summed E-state index contributed by atoms with van der Waals surface area (Å²) in [6.45, 7) is 3.92. The largest absolute Gasteiger partial charge is 0.0952 e. The molecule has 0 aromatic rings. The fourth-order valence-electron chi connectivity index (χ4n) is 1.13. The lowest BCUT2D eigenvalue weighted by Crippen LogP contribution is -1.85. The molecule has 0 radical (unpaired) electrons. The summed E-state index contributed by atoms with van der Waals surface area (Å²) < 4.78 is 0. The minimum Gasteiger partial charge on any atom is -0.0952 e. The molecule has 1 unspecified atom stereocenters. The Balaban J connectivity index is 2.34. The highest BCUT2D eigenvalue weighted by Gasteiger charge is 2.25. The van der Waals surface area contributed by atoms with E-state index in [1.807, 2.05) is 0 Å². The van der Waals surface area contributed by atoms with Gasteiger partial charge >= 0.3 is 0 Å². The van der Waals surface area contributed by atoms with Crippen molar-refractivity contribution in [2.75, 3.05) is 0 Å². The highest BCUT2D eigenvalue weighted by atomic mass is 14.3. The molecule has 0 N–H and O–H groups in total. The minimum absolute atomic E-state index is 0.691. The summed E-state index contributed by atoms with van der Waals surface area (Å²) in [4.78, 5) is 0. The van der Waals surface area contributed by atoms with Crippen molar-refractivity contribution in [2.45, 2.75) is 6.42 Å². The summed E-state index contributed by atoms with van der Waals surface area (Å²) in [6, 6.07) is 0. The van der Waals surface area contributed by atoms with Crippen molar-refractivity contribution in [1.82, 2.24) is 0 Å². The molecule has 1 atom stereocenters. The zero-order valence-electron chi connectivity index (χ0n) is 4.72. The molecule has 0 saturated heterocycles. The Labute approximate surface area is 49.2 Å². The normalized spacial score (nSPS) is 31.8. The number of rotatable bonds is 0. The van der Waals surface area contributed by atoms with E-state index in [1.54, 1.807) is 0 Å². The Hall–Kier alpha value is -0.780. The van der Waals surface area contributed by atoms with Crippen LogP contribution in [0.2, 0.25) is 0 Å².